The van der Waals surface area contributed by atoms with Gasteiger partial charge >= 0.3 is 5.97 Å². The molecule has 2 heterocycles. The quantitative estimate of drug-likeness (QED) is 0.467. The van der Waals surface area contributed by atoms with Gasteiger partial charge in [0.1, 0.15) is 11.4 Å². The number of hydrogen-bond donors (Lipinski definition) is 0. The Morgan fingerprint density at radius 1 is 1.09 bits per heavy atom. The second-order valence-electron chi connectivity index (χ2n) is 8.06. The highest BCUT2D eigenvalue weighted by molar-refractivity contribution is 7.89. The fraction of sp³-hybridized carbons (Fsp3) is 0.333. The largest absolute Gasteiger partial charge is 0.496 e. The molecule has 1 aromatic heterocycles. The first kappa shape index (κ1) is 23.9. The van der Waals surface area contributed by atoms with E-state index in [0.717, 1.165) is 5.56 Å². The summed E-state index contributed by atoms with van der Waals surface area (Å²) >= 11 is 0. The molecule has 2 aromatic carbocycles. The minimum Gasteiger partial charge on any atom is -0.496 e. The van der Waals surface area contributed by atoms with Crippen LogP contribution in [0.3, 0.4) is 0 Å². The number of esters is 1. The molecular weight excluding hydrogens is 460 g/mol. The second-order valence-corrected chi connectivity index (χ2v) is 10.00. The summed E-state index contributed by atoms with van der Waals surface area (Å²) in [6.07, 6.45) is -0.427. The van der Waals surface area contributed by atoms with Gasteiger partial charge in [-0.3, -0.25) is 0 Å². The number of carbonyl (C=O) groups is 1. The molecule has 0 amide bonds. The lowest BCUT2D eigenvalue weighted by atomic mass is 10.1. The van der Waals surface area contributed by atoms with E-state index in [2.05, 4.69) is 5.16 Å². The molecule has 1 fully saturated rings. The molecule has 34 heavy (non-hydrogen) atoms. The topological polar surface area (TPSA) is 108 Å². The Kier molecular flexibility index (Phi) is 7.01. The van der Waals surface area contributed by atoms with E-state index < -0.39 is 16.0 Å². The molecule has 10 heteroatoms. The van der Waals surface area contributed by atoms with Gasteiger partial charge in [-0.25, -0.2) is 13.2 Å². The van der Waals surface area contributed by atoms with Gasteiger partial charge in [0, 0.05) is 24.7 Å². The van der Waals surface area contributed by atoms with Gasteiger partial charge in [-0.05, 0) is 44.2 Å². The van der Waals surface area contributed by atoms with Gasteiger partial charge in [0.25, 0.3) is 0 Å². The smallest absolute Gasteiger partial charge is 0.338 e. The van der Waals surface area contributed by atoms with Crippen LogP contribution in [0.1, 0.15) is 30.0 Å². The Morgan fingerprint density at radius 2 is 1.82 bits per heavy atom. The van der Waals surface area contributed by atoms with Gasteiger partial charge in [-0.2, -0.15) is 4.31 Å². The van der Waals surface area contributed by atoms with Crippen LogP contribution in [0.5, 0.6) is 5.75 Å². The Bertz CT molecular complexity index is 1260. The Labute approximate surface area is 198 Å². The van der Waals surface area contributed by atoms with Crippen molar-refractivity contribution in [2.24, 2.45) is 0 Å². The highest BCUT2D eigenvalue weighted by atomic mass is 32.2. The van der Waals surface area contributed by atoms with E-state index in [-0.39, 0.29) is 42.4 Å². The molecule has 4 rings (SSSR count). The van der Waals surface area contributed by atoms with Crippen LogP contribution >= 0.6 is 0 Å². The standard InChI is InChI=1S/C24H26N2O7S/c1-16-13-26(14-17(2)32-16)34(28,29)20-8-6-7-18(11-20)24(27)31-15-19-12-22(25-33-19)21-9-4-5-10-23(21)30-3/h4-12,16-17H,13-15H2,1-3H3/t16-,17-/m0/s1. The van der Waals surface area contributed by atoms with Crippen molar-refractivity contribution in [3.63, 3.8) is 0 Å². The monoisotopic (exact) mass is 486 g/mol. The fourth-order valence-electron chi connectivity index (χ4n) is 3.84. The van der Waals surface area contributed by atoms with Gasteiger partial charge in [0.2, 0.25) is 10.0 Å². The lowest BCUT2D eigenvalue weighted by molar-refractivity contribution is -0.0440. The van der Waals surface area contributed by atoms with Crippen molar-refractivity contribution in [2.75, 3.05) is 20.2 Å². The number of methoxy groups -OCH3 is 1. The number of carbonyl (C=O) groups excluding carboxylic acids is 1. The molecule has 1 saturated heterocycles. The molecule has 3 aromatic rings. The summed E-state index contributed by atoms with van der Waals surface area (Å²) in [5, 5.41) is 4.01. The number of hydrogen-bond acceptors (Lipinski definition) is 8. The van der Waals surface area contributed by atoms with Crippen molar-refractivity contribution in [3.05, 3.63) is 65.9 Å². The molecule has 0 saturated carbocycles. The first-order valence-electron chi connectivity index (χ1n) is 10.8. The van der Waals surface area contributed by atoms with Crippen LogP contribution in [-0.4, -0.2) is 56.3 Å². The Hall–Kier alpha value is -3.21. The number of ether oxygens (including phenoxy) is 3. The maximum absolute atomic E-state index is 13.1. The number of benzene rings is 2. The average Bonchev–Trinajstić information content (AvgIpc) is 3.31. The van der Waals surface area contributed by atoms with Crippen molar-refractivity contribution in [2.45, 2.75) is 37.6 Å². The van der Waals surface area contributed by atoms with Crippen molar-refractivity contribution < 1.29 is 31.9 Å². The zero-order chi connectivity index (χ0) is 24.3. The molecule has 9 nitrogen and oxygen atoms in total. The minimum absolute atomic E-state index is 0.0291. The van der Waals surface area contributed by atoms with E-state index in [1.54, 1.807) is 13.2 Å². The molecule has 1 aliphatic heterocycles. The van der Waals surface area contributed by atoms with Crippen LogP contribution in [-0.2, 0) is 26.1 Å². The molecule has 2 atom stereocenters. The summed E-state index contributed by atoms with van der Waals surface area (Å²) in [5.41, 5.74) is 1.42. The molecule has 0 bridgehead atoms. The van der Waals surface area contributed by atoms with E-state index in [1.165, 1.54) is 28.6 Å². The van der Waals surface area contributed by atoms with Crippen molar-refractivity contribution in [3.8, 4) is 17.0 Å². The zero-order valence-corrected chi connectivity index (χ0v) is 19.9. The summed E-state index contributed by atoms with van der Waals surface area (Å²) < 4.78 is 49.2. The number of aromatic nitrogens is 1. The van der Waals surface area contributed by atoms with Gasteiger partial charge in [0.05, 0.1) is 29.8 Å². The molecule has 0 N–H and O–H groups in total. The average molecular weight is 487 g/mol. The predicted octanol–water partition coefficient (Wildman–Crippen LogP) is 3.51. The lowest BCUT2D eigenvalue weighted by Gasteiger charge is -2.34. The maximum atomic E-state index is 13.1. The number of sulfonamides is 1. The third-order valence-electron chi connectivity index (χ3n) is 5.38. The van der Waals surface area contributed by atoms with Crippen LogP contribution < -0.4 is 4.74 Å². The maximum Gasteiger partial charge on any atom is 0.338 e. The number of nitrogens with zero attached hydrogens (tertiary/aromatic N) is 2. The summed E-state index contributed by atoms with van der Waals surface area (Å²) in [4.78, 5) is 12.7. The van der Waals surface area contributed by atoms with E-state index >= 15 is 0 Å². The number of rotatable bonds is 7. The third kappa shape index (κ3) is 5.14. The molecule has 180 valence electrons. The van der Waals surface area contributed by atoms with Crippen molar-refractivity contribution in [1.82, 2.24) is 9.46 Å². The molecule has 0 spiro atoms. The highest BCUT2D eigenvalue weighted by Crippen LogP contribution is 2.29. The first-order chi connectivity index (χ1) is 16.3. The summed E-state index contributed by atoms with van der Waals surface area (Å²) in [5.74, 6) is 0.312. The van der Waals surface area contributed by atoms with Crippen molar-refractivity contribution >= 4 is 16.0 Å². The normalized spacial score (nSPS) is 19.0. The molecule has 1 aliphatic rings. The van der Waals surface area contributed by atoms with Crippen LogP contribution in [0, 0.1) is 0 Å². The Balaban J connectivity index is 1.45. The van der Waals surface area contributed by atoms with Gasteiger partial charge in [-0.1, -0.05) is 23.4 Å². The Morgan fingerprint density at radius 3 is 2.56 bits per heavy atom. The van der Waals surface area contributed by atoms with Gasteiger partial charge in [-0.15, -0.1) is 0 Å². The zero-order valence-electron chi connectivity index (χ0n) is 19.1. The second kappa shape index (κ2) is 9.96. The molecule has 0 radical (unpaired) electrons. The molecular formula is C24H26N2O7S. The van der Waals surface area contributed by atoms with Gasteiger partial charge in [0.15, 0.2) is 12.4 Å². The van der Waals surface area contributed by atoms with E-state index in [0.29, 0.717) is 17.2 Å². The summed E-state index contributed by atoms with van der Waals surface area (Å²) in [7, 11) is -2.21. The number of para-hydroxylation sites is 1. The predicted molar refractivity (Wildman–Crippen MR) is 123 cm³/mol. The van der Waals surface area contributed by atoms with Crippen LogP contribution in [0.4, 0.5) is 0 Å². The van der Waals surface area contributed by atoms with Gasteiger partial charge < -0.3 is 18.7 Å². The van der Waals surface area contributed by atoms with E-state index in [9.17, 15) is 13.2 Å². The highest BCUT2D eigenvalue weighted by Gasteiger charge is 2.32. The van der Waals surface area contributed by atoms with Crippen molar-refractivity contribution in [1.29, 1.82) is 0 Å². The molecule has 0 unspecified atom stereocenters. The van der Waals surface area contributed by atoms with E-state index in [4.69, 9.17) is 18.7 Å². The SMILES string of the molecule is COc1ccccc1-c1cc(COC(=O)c2cccc(S(=O)(=O)N3C[C@H](C)O[C@@H](C)C3)c2)on1. The minimum atomic E-state index is -3.78. The fourth-order valence-corrected chi connectivity index (χ4v) is 5.48. The van der Waals surface area contributed by atoms with Crippen LogP contribution in [0.2, 0.25) is 0 Å². The summed E-state index contributed by atoms with van der Waals surface area (Å²) in [6.45, 7) is 4.00. The number of morpholine rings is 1. The molecule has 0 aliphatic carbocycles. The van der Waals surface area contributed by atoms with E-state index in [1.807, 2.05) is 38.1 Å². The van der Waals surface area contributed by atoms with Crippen LogP contribution in [0.15, 0.2) is 64.0 Å². The third-order valence-corrected chi connectivity index (χ3v) is 7.21. The lowest BCUT2D eigenvalue weighted by Crippen LogP contribution is -2.48. The summed E-state index contributed by atoms with van der Waals surface area (Å²) in [6, 6.07) is 14.8. The first-order valence-corrected chi connectivity index (χ1v) is 12.2. The van der Waals surface area contributed by atoms with Crippen LogP contribution in [0.25, 0.3) is 11.3 Å².